The van der Waals surface area contributed by atoms with E-state index in [-0.39, 0.29) is 5.84 Å². The summed E-state index contributed by atoms with van der Waals surface area (Å²) in [5.41, 5.74) is 7.66. The van der Waals surface area contributed by atoms with Crippen LogP contribution in [0.4, 0.5) is 5.69 Å². The monoisotopic (exact) mass is 261 g/mol. The lowest BCUT2D eigenvalue weighted by Crippen LogP contribution is -2.38. The predicted molar refractivity (Wildman–Crippen MR) is 84.0 cm³/mol. The van der Waals surface area contributed by atoms with Crippen LogP contribution in [0, 0.1) is 11.3 Å². The van der Waals surface area contributed by atoms with Gasteiger partial charge in [-0.1, -0.05) is 39.8 Å². The van der Waals surface area contributed by atoms with E-state index in [1.54, 1.807) is 0 Å². The lowest BCUT2D eigenvalue weighted by molar-refractivity contribution is 0.507. The summed E-state index contributed by atoms with van der Waals surface area (Å²) >= 11 is 0. The van der Waals surface area contributed by atoms with Crippen molar-refractivity contribution in [1.82, 2.24) is 0 Å². The van der Waals surface area contributed by atoms with Crippen LogP contribution in [-0.4, -0.2) is 18.4 Å². The molecule has 1 aromatic rings. The molecule has 0 radical (unpaired) electrons. The molecule has 0 amide bonds. The van der Waals surface area contributed by atoms with E-state index >= 15 is 0 Å². The minimum Gasteiger partial charge on any atom is -0.384 e. The Balaban J connectivity index is 3.20. The van der Waals surface area contributed by atoms with Crippen molar-refractivity contribution in [2.75, 3.05) is 11.4 Å². The number of nitrogen functional groups attached to an aromatic ring is 1. The van der Waals surface area contributed by atoms with E-state index in [2.05, 4.69) is 38.7 Å². The third-order valence-corrected chi connectivity index (χ3v) is 3.45. The number of nitrogens with two attached hydrogens (primary N) is 1. The molecule has 0 unspecified atom stereocenters. The van der Waals surface area contributed by atoms with E-state index < -0.39 is 0 Å². The Bertz CT molecular complexity index is 408. The fourth-order valence-corrected chi connectivity index (χ4v) is 2.52. The molecule has 0 aliphatic heterocycles. The Morgan fingerprint density at radius 3 is 2.26 bits per heavy atom. The van der Waals surface area contributed by atoms with Gasteiger partial charge in [0.25, 0.3) is 0 Å². The molecule has 1 aromatic carbocycles. The fourth-order valence-electron chi connectivity index (χ4n) is 2.52. The summed E-state index contributed by atoms with van der Waals surface area (Å²) in [7, 11) is 0. The average molecular weight is 261 g/mol. The molecule has 0 bridgehead atoms. The van der Waals surface area contributed by atoms with Crippen molar-refractivity contribution in [2.45, 2.75) is 46.6 Å². The maximum Gasteiger partial charge on any atom is 0.124 e. The number of hydrogen-bond donors (Lipinski definition) is 2. The first-order valence-electron chi connectivity index (χ1n) is 7.21. The molecular weight excluding hydrogens is 234 g/mol. The van der Waals surface area contributed by atoms with Crippen molar-refractivity contribution >= 4 is 11.5 Å². The van der Waals surface area contributed by atoms with Gasteiger partial charge < -0.3 is 10.6 Å². The topological polar surface area (TPSA) is 53.1 Å². The number of anilines is 1. The van der Waals surface area contributed by atoms with Crippen molar-refractivity contribution < 1.29 is 0 Å². The molecule has 3 N–H and O–H groups in total. The van der Waals surface area contributed by atoms with Crippen LogP contribution in [0.1, 0.15) is 46.1 Å². The molecule has 0 fully saturated rings. The molecule has 0 atom stereocenters. The molecule has 106 valence electrons. The van der Waals surface area contributed by atoms with E-state index in [1.807, 2.05) is 18.2 Å². The van der Waals surface area contributed by atoms with Gasteiger partial charge in [-0.15, -0.1) is 0 Å². The second kappa shape index (κ2) is 7.17. The quantitative estimate of drug-likeness (QED) is 0.582. The fraction of sp³-hybridized carbons (Fsp3) is 0.562. The Hall–Kier alpha value is -1.51. The number of hydrogen-bond acceptors (Lipinski definition) is 2. The Labute approximate surface area is 117 Å². The minimum absolute atomic E-state index is 0.148. The highest BCUT2D eigenvalue weighted by Gasteiger charge is 2.20. The highest BCUT2D eigenvalue weighted by Crippen LogP contribution is 2.25. The molecule has 1 rings (SSSR count). The van der Waals surface area contributed by atoms with Gasteiger partial charge >= 0.3 is 0 Å². The molecule has 0 aliphatic rings. The zero-order valence-corrected chi connectivity index (χ0v) is 12.6. The normalized spacial score (nSPS) is 11.1. The summed E-state index contributed by atoms with van der Waals surface area (Å²) in [5.74, 6) is 0.732. The van der Waals surface area contributed by atoms with Gasteiger partial charge in [0.2, 0.25) is 0 Å². The molecule has 0 heterocycles. The van der Waals surface area contributed by atoms with Crippen molar-refractivity contribution in [3.8, 4) is 0 Å². The predicted octanol–water partition coefficient (Wildman–Crippen LogP) is 3.62. The van der Waals surface area contributed by atoms with Crippen LogP contribution in [0.25, 0.3) is 0 Å². The van der Waals surface area contributed by atoms with Crippen LogP contribution in [0.3, 0.4) is 0 Å². The number of rotatable bonds is 7. The van der Waals surface area contributed by atoms with Gasteiger partial charge in [-0.2, -0.15) is 0 Å². The van der Waals surface area contributed by atoms with Crippen molar-refractivity contribution in [1.29, 1.82) is 5.41 Å². The van der Waals surface area contributed by atoms with Crippen molar-refractivity contribution in [2.24, 2.45) is 11.7 Å². The third kappa shape index (κ3) is 3.98. The van der Waals surface area contributed by atoms with Gasteiger partial charge in [-0.25, -0.2) is 0 Å². The molecule has 0 aromatic heterocycles. The van der Waals surface area contributed by atoms with Gasteiger partial charge in [-0.05, 0) is 30.9 Å². The Morgan fingerprint density at radius 1 is 1.21 bits per heavy atom. The summed E-state index contributed by atoms with van der Waals surface area (Å²) in [6.45, 7) is 9.89. The zero-order valence-electron chi connectivity index (χ0n) is 12.6. The second-order valence-corrected chi connectivity index (χ2v) is 5.45. The summed E-state index contributed by atoms with van der Waals surface area (Å²) in [6.07, 6.45) is 2.21. The van der Waals surface area contributed by atoms with Gasteiger partial charge in [-0.3, -0.25) is 5.41 Å². The van der Waals surface area contributed by atoms with Crippen LogP contribution in [0.2, 0.25) is 0 Å². The summed E-state index contributed by atoms with van der Waals surface area (Å²) in [6, 6.07) is 8.49. The summed E-state index contributed by atoms with van der Waals surface area (Å²) in [5, 5.41) is 7.76. The maximum absolute atomic E-state index is 7.76. The van der Waals surface area contributed by atoms with E-state index in [9.17, 15) is 0 Å². The molecule has 3 heteroatoms. The number of nitrogens with zero attached hydrogens (tertiary/aromatic N) is 1. The van der Waals surface area contributed by atoms with Gasteiger partial charge in [0.1, 0.15) is 5.84 Å². The van der Waals surface area contributed by atoms with Crippen LogP contribution >= 0.6 is 0 Å². The SMILES string of the molecule is CCC(CC)N(CC(C)C)c1ccccc1C(=N)N. The highest BCUT2D eigenvalue weighted by molar-refractivity contribution is 6.00. The standard InChI is InChI=1S/C16H27N3/c1-5-13(6-2)19(11-12(3)4)15-10-8-7-9-14(15)16(17)18/h7-10,12-13H,5-6,11H2,1-4H3,(H3,17,18). The van der Waals surface area contributed by atoms with Crippen LogP contribution in [-0.2, 0) is 0 Å². The smallest absolute Gasteiger partial charge is 0.124 e. The van der Waals surface area contributed by atoms with Crippen LogP contribution in [0.5, 0.6) is 0 Å². The molecule has 3 nitrogen and oxygen atoms in total. The number of para-hydroxylation sites is 1. The largest absolute Gasteiger partial charge is 0.384 e. The molecular formula is C16H27N3. The Kier molecular flexibility index (Phi) is 5.87. The van der Waals surface area contributed by atoms with Crippen LogP contribution < -0.4 is 10.6 Å². The highest BCUT2D eigenvalue weighted by atomic mass is 15.2. The molecule has 0 spiro atoms. The van der Waals surface area contributed by atoms with Crippen molar-refractivity contribution in [3.05, 3.63) is 29.8 Å². The summed E-state index contributed by atoms with van der Waals surface area (Å²) in [4.78, 5) is 2.42. The third-order valence-electron chi connectivity index (χ3n) is 3.45. The Morgan fingerprint density at radius 2 is 1.79 bits per heavy atom. The van der Waals surface area contributed by atoms with Gasteiger partial charge in [0, 0.05) is 23.8 Å². The van der Waals surface area contributed by atoms with E-state index in [1.165, 1.54) is 0 Å². The first-order valence-corrected chi connectivity index (χ1v) is 7.21. The lowest BCUT2D eigenvalue weighted by atomic mass is 10.0. The number of amidine groups is 1. The van der Waals surface area contributed by atoms with E-state index in [4.69, 9.17) is 11.1 Å². The minimum atomic E-state index is 0.148. The van der Waals surface area contributed by atoms with E-state index in [0.29, 0.717) is 12.0 Å². The molecule has 0 saturated carbocycles. The van der Waals surface area contributed by atoms with Gasteiger partial charge in [0.05, 0.1) is 0 Å². The first kappa shape index (κ1) is 15.5. The molecule has 0 aliphatic carbocycles. The first-order chi connectivity index (χ1) is 9.01. The van der Waals surface area contributed by atoms with E-state index in [0.717, 1.165) is 30.6 Å². The lowest BCUT2D eigenvalue weighted by Gasteiger charge is -2.35. The van der Waals surface area contributed by atoms with Crippen molar-refractivity contribution in [3.63, 3.8) is 0 Å². The van der Waals surface area contributed by atoms with Gasteiger partial charge in [0.15, 0.2) is 0 Å². The van der Waals surface area contributed by atoms with Crippen LogP contribution in [0.15, 0.2) is 24.3 Å². The average Bonchev–Trinajstić information content (AvgIpc) is 2.38. The second-order valence-electron chi connectivity index (χ2n) is 5.45. The zero-order chi connectivity index (χ0) is 14.4. The summed E-state index contributed by atoms with van der Waals surface area (Å²) < 4.78 is 0. The maximum atomic E-state index is 7.76. The molecule has 19 heavy (non-hydrogen) atoms. The molecule has 0 saturated heterocycles. The number of nitrogens with one attached hydrogen (secondary N) is 1. The number of benzene rings is 1.